The summed E-state index contributed by atoms with van der Waals surface area (Å²) in [6.45, 7) is 34.4. The fourth-order valence-corrected chi connectivity index (χ4v) is 7.57. The summed E-state index contributed by atoms with van der Waals surface area (Å²) in [6.07, 6.45) is 0. The molecule has 0 saturated heterocycles. The molecule has 0 aliphatic rings. The average molecular weight is 765 g/mol. The second-order valence-electron chi connectivity index (χ2n) is 19.8. The lowest BCUT2D eigenvalue weighted by Crippen LogP contribution is -2.17. The highest BCUT2D eigenvalue weighted by Crippen LogP contribution is 2.45. The number of fused-ring (bicyclic) bond motifs is 1. The lowest BCUT2D eigenvalue weighted by molar-refractivity contribution is 0.446. The summed E-state index contributed by atoms with van der Waals surface area (Å²) in [4.78, 5) is 13.9. The quantitative estimate of drug-likeness (QED) is 0.178. The number of aromatic hydroxyl groups is 1. The van der Waals surface area contributed by atoms with Crippen molar-refractivity contribution in [1.29, 1.82) is 0 Å². The Morgan fingerprint density at radius 1 is 0.517 bits per heavy atom. The van der Waals surface area contributed by atoms with E-state index in [2.05, 4.69) is 171 Å². The van der Waals surface area contributed by atoms with Crippen molar-refractivity contribution >= 4 is 16.9 Å². The molecule has 2 aromatic heterocycles. The van der Waals surface area contributed by atoms with Crippen LogP contribution in [0, 0.1) is 6.57 Å². The van der Waals surface area contributed by atoms with Crippen LogP contribution in [0.4, 0.5) is 5.82 Å². The number of rotatable bonds is 5. The predicted molar refractivity (Wildman–Crippen MR) is 243 cm³/mol. The zero-order valence-electron chi connectivity index (χ0n) is 36.2. The Morgan fingerprint density at radius 3 is 1.69 bits per heavy atom. The molecule has 0 fully saturated rings. The third-order valence-corrected chi connectivity index (χ3v) is 11.1. The highest BCUT2D eigenvalue weighted by molar-refractivity contribution is 5.97. The van der Waals surface area contributed by atoms with Gasteiger partial charge in [-0.1, -0.05) is 150 Å². The number of nitrogens with zero attached hydrogens (tertiary/aromatic N) is 4. The molecule has 0 amide bonds. The highest BCUT2D eigenvalue weighted by atomic mass is 16.3. The van der Waals surface area contributed by atoms with Crippen LogP contribution in [-0.4, -0.2) is 19.6 Å². The van der Waals surface area contributed by atoms with E-state index < -0.39 is 0 Å². The van der Waals surface area contributed by atoms with Crippen molar-refractivity contribution in [2.75, 3.05) is 0 Å². The van der Waals surface area contributed by atoms with Gasteiger partial charge in [0, 0.05) is 22.4 Å². The maximum absolute atomic E-state index is 12.2. The Hall–Kier alpha value is -5.99. The van der Waals surface area contributed by atoms with Gasteiger partial charge in [-0.15, -0.1) is 4.98 Å². The second-order valence-corrected chi connectivity index (χ2v) is 19.8. The number of phenolic OH excluding ortho intramolecular Hbond substituents is 1. The van der Waals surface area contributed by atoms with Crippen molar-refractivity contribution < 1.29 is 5.11 Å². The second kappa shape index (κ2) is 14.4. The number of para-hydroxylation sites is 2. The monoisotopic (exact) mass is 764 g/mol. The van der Waals surface area contributed by atoms with Crippen molar-refractivity contribution in [3.05, 3.63) is 149 Å². The van der Waals surface area contributed by atoms with E-state index in [9.17, 15) is 5.11 Å². The molecule has 0 bridgehead atoms. The first-order chi connectivity index (χ1) is 27.1. The van der Waals surface area contributed by atoms with Crippen LogP contribution < -0.4 is 0 Å². The van der Waals surface area contributed by atoms with Crippen molar-refractivity contribution in [3.63, 3.8) is 0 Å². The molecule has 0 atom stereocenters. The first kappa shape index (κ1) is 40.2. The molecule has 2 heterocycles. The SMILES string of the molecule is [C-]#[N+]c1cccc(-c2cc(-c3cc(C(C)(C)C)cc(C(C)(C)C)c3)cc(-c3cccc4c3nc(-c3cc(C(C)(C)C)cc(C(C)(C)C)c3O)n4-c3ccccc3)c2)n1. The Balaban J connectivity index is 1.57. The standard InChI is InChI=1S/C53H56N4O/c1-50(2,3)37-28-34(29-38(30-37)51(4,5)6)33-25-35(27-36(26-33)44-22-18-24-46(54-13)55-44)41-21-17-23-45-47(41)56-49(57(45)40-19-15-14-16-20-40)42-31-39(52(7,8)9)32-43(48(42)58)53(10,11)12/h14-32,58H,1-12H3. The Labute approximate surface area is 345 Å². The van der Waals surface area contributed by atoms with E-state index in [0.29, 0.717) is 17.2 Å². The minimum Gasteiger partial charge on any atom is -0.507 e. The highest BCUT2D eigenvalue weighted by Gasteiger charge is 2.29. The van der Waals surface area contributed by atoms with Gasteiger partial charge in [0.1, 0.15) is 11.6 Å². The van der Waals surface area contributed by atoms with Crippen LogP contribution in [0.3, 0.4) is 0 Å². The van der Waals surface area contributed by atoms with Gasteiger partial charge in [-0.3, -0.25) is 4.57 Å². The fourth-order valence-electron chi connectivity index (χ4n) is 7.57. The van der Waals surface area contributed by atoms with Gasteiger partial charge in [-0.2, -0.15) is 0 Å². The maximum atomic E-state index is 12.2. The third kappa shape index (κ3) is 7.81. The van der Waals surface area contributed by atoms with Gasteiger partial charge in [0.25, 0.3) is 5.82 Å². The summed E-state index contributed by atoms with van der Waals surface area (Å²) in [5, 5.41) is 12.2. The van der Waals surface area contributed by atoms with Crippen LogP contribution in [0.15, 0.2) is 115 Å². The number of aromatic nitrogens is 3. The molecule has 0 aliphatic carbocycles. The minimum absolute atomic E-state index is 0.0586. The molecule has 58 heavy (non-hydrogen) atoms. The molecular weight excluding hydrogens is 709 g/mol. The van der Waals surface area contributed by atoms with Gasteiger partial charge in [-0.25, -0.2) is 4.98 Å². The Kier molecular flexibility index (Phi) is 10.0. The van der Waals surface area contributed by atoms with E-state index in [1.165, 1.54) is 11.1 Å². The molecule has 0 aliphatic heterocycles. The smallest absolute Gasteiger partial charge is 0.270 e. The summed E-state index contributed by atoms with van der Waals surface area (Å²) in [5.41, 5.74) is 13.2. The first-order valence-corrected chi connectivity index (χ1v) is 20.3. The van der Waals surface area contributed by atoms with Crippen LogP contribution in [-0.2, 0) is 21.7 Å². The van der Waals surface area contributed by atoms with Crippen LogP contribution >= 0.6 is 0 Å². The van der Waals surface area contributed by atoms with Gasteiger partial charge in [0.2, 0.25) is 0 Å². The van der Waals surface area contributed by atoms with Crippen molar-refractivity contribution in [2.24, 2.45) is 0 Å². The number of imidazole rings is 1. The van der Waals surface area contributed by atoms with Gasteiger partial charge < -0.3 is 9.95 Å². The minimum atomic E-state index is -0.304. The molecule has 5 aromatic carbocycles. The van der Waals surface area contributed by atoms with Crippen molar-refractivity contribution in [1.82, 2.24) is 14.5 Å². The average Bonchev–Trinajstić information content (AvgIpc) is 3.56. The summed E-state index contributed by atoms with van der Waals surface area (Å²) in [5.74, 6) is 1.28. The summed E-state index contributed by atoms with van der Waals surface area (Å²) < 4.78 is 2.18. The van der Waals surface area contributed by atoms with Crippen LogP contribution in [0.25, 0.3) is 66.5 Å². The van der Waals surface area contributed by atoms with Gasteiger partial charge in [-0.05, 0) is 110 Å². The fraction of sp³-hybridized carbons (Fsp3) is 0.302. The first-order valence-electron chi connectivity index (χ1n) is 20.3. The molecule has 5 heteroatoms. The summed E-state index contributed by atoms with van der Waals surface area (Å²) in [6, 6.07) is 40.2. The predicted octanol–water partition coefficient (Wildman–Crippen LogP) is 14.5. The summed E-state index contributed by atoms with van der Waals surface area (Å²) >= 11 is 0. The molecule has 7 aromatic rings. The van der Waals surface area contributed by atoms with Gasteiger partial charge in [0.15, 0.2) is 5.69 Å². The molecule has 0 radical (unpaired) electrons. The van der Waals surface area contributed by atoms with E-state index in [-0.39, 0.29) is 27.4 Å². The number of pyridine rings is 1. The number of benzene rings is 5. The van der Waals surface area contributed by atoms with Gasteiger partial charge in [0.05, 0.1) is 16.6 Å². The van der Waals surface area contributed by atoms with Crippen LogP contribution in [0.2, 0.25) is 0 Å². The van der Waals surface area contributed by atoms with Crippen LogP contribution in [0.5, 0.6) is 5.75 Å². The molecule has 0 spiro atoms. The number of hydrogen-bond donors (Lipinski definition) is 1. The molecular formula is C53H56N4O. The van der Waals surface area contributed by atoms with E-state index in [1.807, 2.05) is 30.3 Å². The zero-order chi connectivity index (χ0) is 41.9. The lowest BCUT2D eigenvalue weighted by Gasteiger charge is -2.27. The van der Waals surface area contributed by atoms with E-state index >= 15 is 0 Å². The van der Waals surface area contributed by atoms with Crippen molar-refractivity contribution in [2.45, 2.75) is 105 Å². The van der Waals surface area contributed by atoms with E-state index in [4.69, 9.17) is 16.5 Å². The topological polar surface area (TPSA) is 55.3 Å². The summed E-state index contributed by atoms with van der Waals surface area (Å²) in [7, 11) is 0. The lowest BCUT2D eigenvalue weighted by atomic mass is 9.78. The normalized spacial score (nSPS) is 12.5. The Morgan fingerprint density at radius 2 is 1.09 bits per heavy atom. The van der Waals surface area contributed by atoms with Crippen molar-refractivity contribution in [3.8, 4) is 56.3 Å². The van der Waals surface area contributed by atoms with Crippen LogP contribution in [0.1, 0.15) is 105 Å². The maximum Gasteiger partial charge on any atom is 0.270 e. The molecule has 1 N–H and O–H groups in total. The number of phenols is 1. The molecule has 5 nitrogen and oxygen atoms in total. The zero-order valence-corrected chi connectivity index (χ0v) is 36.2. The third-order valence-electron chi connectivity index (χ3n) is 11.1. The molecule has 0 saturated carbocycles. The Bertz CT molecular complexity index is 2690. The van der Waals surface area contributed by atoms with Gasteiger partial charge >= 0.3 is 0 Å². The van der Waals surface area contributed by atoms with E-state index in [0.717, 1.165) is 61.4 Å². The van der Waals surface area contributed by atoms with E-state index in [1.54, 1.807) is 6.07 Å². The molecule has 0 unspecified atom stereocenters. The largest absolute Gasteiger partial charge is 0.507 e. The molecule has 7 rings (SSSR count). The number of hydrogen-bond acceptors (Lipinski definition) is 3. The molecule has 294 valence electrons.